The number of hydrogen-bond acceptors (Lipinski definition) is 1. The van der Waals surface area contributed by atoms with Crippen molar-refractivity contribution in [2.45, 2.75) is 13.8 Å². The van der Waals surface area contributed by atoms with Crippen LogP contribution in [0.1, 0.15) is 13.8 Å². The molecule has 1 atom stereocenters. The van der Waals surface area contributed by atoms with Crippen molar-refractivity contribution in [1.82, 2.24) is 0 Å². The van der Waals surface area contributed by atoms with Crippen LogP contribution in [-0.2, 0) is 10.8 Å². The second kappa shape index (κ2) is 3.84. The fourth-order valence-electron chi connectivity index (χ4n) is 0.268. The minimum Gasteiger partial charge on any atom is -0.255 e. The molecule has 2 heteroatoms. The van der Waals surface area contributed by atoms with E-state index in [2.05, 4.69) is 13.8 Å². The van der Waals surface area contributed by atoms with E-state index in [0.29, 0.717) is 5.92 Å². The second-order valence-electron chi connectivity index (χ2n) is 2.07. The van der Waals surface area contributed by atoms with Gasteiger partial charge >= 0.3 is 0 Å². The van der Waals surface area contributed by atoms with Crippen molar-refractivity contribution in [2.75, 3.05) is 6.26 Å². The molecule has 0 bridgehead atoms. The van der Waals surface area contributed by atoms with Crippen LogP contribution in [0.2, 0.25) is 0 Å². The first-order valence-corrected chi connectivity index (χ1v) is 4.25. The maximum absolute atomic E-state index is 10.4. The van der Waals surface area contributed by atoms with Crippen molar-refractivity contribution in [3.8, 4) is 0 Å². The maximum atomic E-state index is 10.4. The molecule has 0 radical (unpaired) electrons. The largest absolute Gasteiger partial charge is 0.255 e. The van der Waals surface area contributed by atoms with E-state index < -0.39 is 10.8 Å². The van der Waals surface area contributed by atoms with Gasteiger partial charge in [0.2, 0.25) is 0 Å². The summed E-state index contributed by atoms with van der Waals surface area (Å²) in [6.45, 7) is 4.12. The van der Waals surface area contributed by atoms with Gasteiger partial charge in [-0.3, -0.25) is 4.21 Å². The third kappa shape index (κ3) is 5.89. The Morgan fingerprint density at radius 3 is 2.12 bits per heavy atom. The first kappa shape index (κ1) is 7.89. The molecule has 0 aliphatic carbocycles. The van der Waals surface area contributed by atoms with Gasteiger partial charge in [-0.15, -0.1) is 0 Å². The minimum absolute atomic E-state index is 0.513. The van der Waals surface area contributed by atoms with Gasteiger partial charge in [0, 0.05) is 17.1 Å². The summed E-state index contributed by atoms with van der Waals surface area (Å²) in [4.78, 5) is 0. The van der Waals surface area contributed by atoms with Gasteiger partial charge in [0.1, 0.15) is 0 Å². The van der Waals surface area contributed by atoms with Crippen LogP contribution < -0.4 is 0 Å². The molecule has 0 spiro atoms. The normalized spacial score (nSPS) is 15.5. The molecule has 0 saturated carbocycles. The van der Waals surface area contributed by atoms with Crippen LogP contribution in [0, 0.1) is 5.92 Å². The van der Waals surface area contributed by atoms with Crippen LogP contribution in [0.5, 0.6) is 0 Å². The van der Waals surface area contributed by atoms with E-state index in [1.54, 1.807) is 11.7 Å². The van der Waals surface area contributed by atoms with Gasteiger partial charge in [-0.2, -0.15) is 0 Å². The van der Waals surface area contributed by atoms with Gasteiger partial charge in [0.05, 0.1) is 0 Å². The smallest absolute Gasteiger partial charge is 0.0421 e. The van der Waals surface area contributed by atoms with Crippen molar-refractivity contribution >= 4 is 10.8 Å². The molecule has 1 nitrogen and oxygen atoms in total. The zero-order valence-corrected chi connectivity index (χ0v) is 6.37. The SMILES string of the molecule is CC(C)C=CS(C)=O. The van der Waals surface area contributed by atoms with E-state index in [9.17, 15) is 4.21 Å². The number of hydrogen-bond donors (Lipinski definition) is 0. The molecule has 0 aromatic carbocycles. The minimum atomic E-state index is -0.767. The van der Waals surface area contributed by atoms with Crippen LogP contribution in [0.25, 0.3) is 0 Å². The first-order valence-electron chi connectivity index (χ1n) is 2.63. The predicted octanol–water partition coefficient (Wildman–Crippen LogP) is 1.53. The maximum Gasteiger partial charge on any atom is 0.0421 e. The molecular formula is C6H12OS. The Labute approximate surface area is 53.2 Å². The summed E-state index contributed by atoms with van der Waals surface area (Å²) < 4.78 is 10.4. The van der Waals surface area contributed by atoms with Crippen LogP contribution in [0.15, 0.2) is 11.5 Å². The molecule has 0 rings (SSSR count). The summed E-state index contributed by atoms with van der Waals surface area (Å²) in [5, 5.41) is 1.71. The average molecular weight is 132 g/mol. The van der Waals surface area contributed by atoms with E-state index in [1.807, 2.05) is 6.08 Å². The Bertz CT molecular complexity index is 105. The molecule has 0 aliphatic rings. The molecule has 0 fully saturated rings. The van der Waals surface area contributed by atoms with Crippen LogP contribution in [-0.4, -0.2) is 10.5 Å². The molecule has 0 N–H and O–H groups in total. The highest BCUT2D eigenvalue weighted by Crippen LogP contribution is 1.93. The molecule has 8 heavy (non-hydrogen) atoms. The molecule has 0 heterocycles. The lowest BCUT2D eigenvalue weighted by atomic mass is 10.2. The Morgan fingerprint density at radius 2 is 2.00 bits per heavy atom. The Balaban J connectivity index is 3.50. The Morgan fingerprint density at radius 1 is 1.50 bits per heavy atom. The van der Waals surface area contributed by atoms with Crippen molar-refractivity contribution < 1.29 is 4.21 Å². The Kier molecular flexibility index (Phi) is 3.79. The summed E-state index contributed by atoms with van der Waals surface area (Å²) in [7, 11) is -0.767. The molecule has 0 amide bonds. The van der Waals surface area contributed by atoms with Gasteiger partial charge in [0.15, 0.2) is 0 Å². The molecule has 48 valence electrons. The van der Waals surface area contributed by atoms with E-state index in [4.69, 9.17) is 0 Å². The van der Waals surface area contributed by atoms with Crippen molar-refractivity contribution in [2.24, 2.45) is 5.92 Å². The number of rotatable bonds is 2. The topological polar surface area (TPSA) is 17.1 Å². The predicted molar refractivity (Wildman–Crippen MR) is 38.0 cm³/mol. The first-order chi connectivity index (χ1) is 3.63. The molecule has 0 aromatic rings. The van der Waals surface area contributed by atoms with Crippen LogP contribution >= 0.6 is 0 Å². The summed E-state index contributed by atoms with van der Waals surface area (Å²) in [5.74, 6) is 0.513. The summed E-state index contributed by atoms with van der Waals surface area (Å²) in [6, 6.07) is 0. The van der Waals surface area contributed by atoms with Crippen molar-refractivity contribution in [3.05, 3.63) is 11.5 Å². The van der Waals surface area contributed by atoms with E-state index in [1.165, 1.54) is 0 Å². The molecule has 0 saturated heterocycles. The fraction of sp³-hybridized carbons (Fsp3) is 0.667. The van der Waals surface area contributed by atoms with Crippen LogP contribution in [0.4, 0.5) is 0 Å². The molecular weight excluding hydrogens is 120 g/mol. The third-order valence-electron chi connectivity index (χ3n) is 0.655. The summed E-state index contributed by atoms with van der Waals surface area (Å²) in [6.07, 6.45) is 3.61. The lowest BCUT2D eigenvalue weighted by Crippen LogP contribution is -1.80. The van der Waals surface area contributed by atoms with Gasteiger partial charge in [0.25, 0.3) is 0 Å². The van der Waals surface area contributed by atoms with E-state index in [0.717, 1.165) is 0 Å². The van der Waals surface area contributed by atoms with E-state index >= 15 is 0 Å². The standard InChI is InChI=1S/C6H12OS/c1-6(2)4-5-8(3)7/h4-6H,1-3H3. The highest BCUT2D eigenvalue weighted by atomic mass is 32.2. The van der Waals surface area contributed by atoms with Gasteiger partial charge in [-0.1, -0.05) is 19.9 Å². The van der Waals surface area contributed by atoms with Gasteiger partial charge in [-0.05, 0) is 11.3 Å². The van der Waals surface area contributed by atoms with E-state index in [-0.39, 0.29) is 0 Å². The Hall–Kier alpha value is -0.110. The molecule has 0 aromatic heterocycles. The quantitative estimate of drug-likeness (QED) is 0.557. The second-order valence-corrected chi connectivity index (χ2v) is 3.34. The third-order valence-corrected chi connectivity index (χ3v) is 1.20. The zero-order valence-electron chi connectivity index (χ0n) is 5.55. The average Bonchev–Trinajstić information content (AvgIpc) is 1.61. The summed E-state index contributed by atoms with van der Waals surface area (Å²) >= 11 is 0. The molecule has 0 aliphatic heterocycles. The highest BCUT2D eigenvalue weighted by molar-refractivity contribution is 7.87. The fourth-order valence-corrected chi connectivity index (χ4v) is 0.803. The van der Waals surface area contributed by atoms with Crippen molar-refractivity contribution in [3.63, 3.8) is 0 Å². The molecule has 1 unspecified atom stereocenters. The van der Waals surface area contributed by atoms with Gasteiger partial charge in [-0.25, -0.2) is 0 Å². The highest BCUT2D eigenvalue weighted by Gasteiger charge is 1.82. The van der Waals surface area contributed by atoms with Gasteiger partial charge < -0.3 is 0 Å². The lowest BCUT2D eigenvalue weighted by molar-refractivity contribution is 0.691. The monoisotopic (exact) mass is 132 g/mol. The lowest BCUT2D eigenvalue weighted by Gasteiger charge is -1.89. The summed E-state index contributed by atoms with van der Waals surface area (Å²) in [5.41, 5.74) is 0. The van der Waals surface area contributed by atoms with Crippen LogP contribution in [0.3, 0.4) is 0 Å². The zero-order chi connectivity index (χ0) is 6.57. The van der Waals surface area contributed by atoms with Crippen molar-refractivity contribution in [1.29, 1.82) is 0 Å². The number of allylic oxidation sites excluding steroid dienone is 1.